The zero-order chi connectivity index (χ0) is 16.7. The number of carbonyl (C=O) groups is 1. The van der Waals surface area contributed by atoms with E-state index in [1.807, 2.05) is 24.3 Å². The first-order valence-electron chi connectivity index (χ1n) is 7.93. The van der Waals surface area contributed by atoms with Crippen molar-refractivity contribution in [2.45, 2.75) is 30.8 Å². The lowest BCUT2D eigenvalue weighted by Gasteiger charge is -2.38. The molecule has 0 spiro atoms. The van der Waals surface area contributed by atoms with Gasteiger partial charge in [-0.1, -0.05) is 29.8 Å². The van der Waals surface area contributed by atoms with Crippen LogP contribution in [0.3, 0.4) is 0 Å². The second-order valence-corrected chi connectivity index (χ2v) is 6.35. The first-order valence-corrected chi connectivity index (χ1v) is 8.31. The topological polar surface area (TPSA) is 73.6 Å². The molecule has 5 nitrogen and oxygen atoms in total. The predicted molar refractivity (Wildman–Crippen MR) is 90.7 cm³/mol. The molecule has 1 atom stereocenters. The van der Waals surface area contributed by atoms with Crippen LogP contribution in [0.5, 0.6) is 0 Å². The lowest BCUT2D eigenvalue weighted by atomic mass is 9.74. The minimum Gasteiger partial charge on any atom is -0.381 e. The van der Waals surface area contributed by atoms with Gasteiger partial charge in [0.05, 0.1) is 12.5 Å². The molecule has 0 aliphatic carbocycles. The van der Waals surface area contributed by atoms with E-state index in [1.165, 1.54) is 0 Å². The Balaban J connectivity index is 2.08. The van der Waals surface area contributed by atoms with E-state index >= 15 is 0 Å². The Bertz CT molecular complexity index is 514. The van der Waals surface area contributed by atoms with Crippen LogP contribution in [0.2, 0.25) is 5.02 Å². The Kier molecular flexibility index (Phi) is 6.84. The smallest absolute Gasteiger partial charge is 0.222 e. The first kappa shape index (κ1) is 18.2. The average molecular weight is 341 g/mol. The van der Waals surface area contributed by atoms with Gasteiger partial charge in [-0.25, -0.2) is 0 Å². The highest BCUT2D eigenvalue weighted by atomic mass is 35.5. The number of rotatable bonds is 7. The monoisotopic (exact) mass is 340 g/mol. The zero-order valence-electron chi connectivity index (χ0n) is 13.5. The van der Waals surface area contributed by atoms with Crippen molar-refractivity contribution in [3.05, 3.63) is 34.9 Å². The molecular weight excluding hydrogens is 316 g/mol. The lowest BCUT2D eigenvalue weighted by Crippen LogP contribution is -2.45. The number of halogens is 1. The first-order chi connectivity index (χ1) is 11.1. The van der Waals surface area contributed by atoms with Crippen LogP contribution in [0.4, 0.5) is 0 Å². The largest absolute Gasteiger partial charge is 0.381 e. The van der Waals surface area contributed by atoms with Gasteiger partial charge in [0.2, 0.25) is 5.91 Å². The SMILES string of the molecule is COC(CN)CC(=O)NCC1(c2ccccc2Cl)CCOCC1. The molecular formula is C17H25ClN2O3. The third-order valence-electron chi connectivity index (χ3n) is 4.53. The fourth-order valence-corrected chi connectivity index (χ4v) is 3.34. The van der Waals surface area contributed by atoms with Gasteiger partial charge in [0, 0.05) is 43.9 Å². The molecule has 0 bridgehead atoms. The number of hydrogen-bond acceptors (Lipinski definition) is 4. The number of carbonyl (C=O) groups excluding carboxylic acids is 1. The maximum Gasteiger partial charge on any atom is 0.222 e. The molecule has 1 amide bonds. The average Bonchev–Trinajstić information content (AvgIpc) is 2.59. The van der Waals surface area contributed by atoms with Crippen molar-refractivity contribution in [1.82, 2.24) is 5.32 Å². The number of benzene rings is 1. The summed E-state index contributed by atoms with van der Waals surface area (Å²) in [5, 5.41) is 3.77. The number of hydrogen-bond donors (Lipinski definition) is 2. The molecule has 0 aromatic heterocycles. The molecule has 1 aromatic rings. The van der Waals surface area contributed by atoms with E-state index in [1.54, 1.807) is 7.11 Å². The van der Waals surface area contributed by atoms with Crippen LogP contribution in [0.15, 0.2) is 24.3 Å². The minimum absolute atomic E-state index is 0.0554. The van der Waals surface area contributed by atoms with Gasteiger partial charge in [-0.05, 0) is 24.5 Å². The molecule has 1 aliphatic rings. The Labute approximate surface area is 142 Å². The standard InChI is InChI=1S/C17H25ClN2O3/c1-22-13(11-19)10-16(21)20-12-17(6-8-23-9-7-17)14-4-2-3-5-15(14)18/h2-5,13H,6-12,19H2,1H3,(H,20,21). The molecule has 3 N–H and O–H groups in total. The lowest BCUT2D eigenvalue weighted by molar-refractivity contribution is -0.123. The van der Waals surface area contributed by atoms with Gasteiger partial charge in [-0.2, -0.15) is 0 Å². The van der Waals surface area contributed by atoms with Crippen LogP contribution < -0.4 is 11.1 Å². The van der Waals surface area contributed by atoms with Crippen molar-refractivity contribution < 1.29 is 14.3 Å². The second-order valence-electron chi connectivity index (χ2n) is 5.95. The summed E-state index contributed by atoms with van der Waals surface area (Å²) in [5.41, 5.74) is 6.46. The maximum absolute atomic E-state index is 12.2. The molecule has 0 saturated carbocycles. The zero-order valence-corrected chi connectivity index (χ0v) is 14.3. The highest BCUT2D eigenvalue weighted by Crippen LogP contribution is 2.38. The molecule has 23 heavy (non-hydrogen) atoms. The Hall–Kier alpha value is -1.14. The van der Waals surface area contributed by atoms with Crippen LogP contribution >= 0.6 is 11.6 Å². The normalized spacial score (nSPS) is 18.4. The van der Waals surface area contributed by atoms with Crippen molar-refractivity contribution in [3.8, 4) is 0 Å². The number of nitrogens with one attached hydrogen (secondary N) is 1. The quantitative estimate of drug-likeness (QED) is 0.794. The molecule has 1 heterocycles. The van der Waals surface area contributed by atoms with E-state index in [0.717, 1.165) is 23.4 Å². The summed E-state index contributed by atoms with van der Waals surface area (Å²) in [6.07, 6.45) is 1.69. The van der Waals surface area contributed by atoms with Gasteiger partial charge in [0.15, 0.2) is 0 Å². The molecule has 6 heteroatoms. The van der Waals surface area contributed by atoms with Crippen molar-refractivity contribution in [2.24, 2.45) is 5.73 Å². The van der Waals surface area contributed by atoms with Gasteiger partial charge in [-0.15, -0.1) is 0 Å². The van der Waals surface area contributed by atoms with E-state index in [9.17, 15) is 4.79 Å². The molecule has 0 radical (unpaired) electrons. The van der Waals surface area contributed by atoms with E-state index in [2.05, 4.69) is 5.32 Å². The molecule has 2 rings (SSSR count). The summed E-state index contributed by atoms with van der Waals surface area (Å²) in [5.74, 6) is -0.0554. The van der Waals surface area contributed by atoms with Crippen LogP contribution in [0.1, 0.15) is 24.8 Å². The number of ether oxygens (including phenoxy) is 2. The maximum atomic E-state index is 12.2. The second kappa shape index (κ2) is 8.64. The van der Waals surface area contributed by atoms with Crippen LogP contribution in [-0.4, -0.2) is 45.4 Å². The number of amides is 1. The van der Waals surface area contributed by atoms with Crippen molar-refractivity contribution in [1.29, 1.82) is 0 Å². The molecule has 1 fully saturated rings. The van der Waals surface area contributed by atoms with E-state index in [-0.39, 0.29) is 23.8 Å². The highest BCUT2D eigenvalue weighted by molar-refractivity contribution is 6.31. The van der Waals surface area contributed by atoms with Crippen LogP contribution in [-0.2, 0) is 19.7 Å². The minimum atomic E-state index is -0.249. The Morgan fingerprint density at radius 1 is 1.43 bits per heavy atom. The van der Waals surface area contributed by atoms with Gasteiger partial charge < -0.3 is 20.5 Å². The van der Waals surface area contributed by atoms with Crippen LogP contribution in [0, 0.1) is 0 Å². The van der Waals surface area contributed by atoms with Gasteiger partial charge in [0.1, 0.15) is 0 Å². The van der Waals surface area contributed by atoms with Gasteiger partial charge >= 0.3 is 0 Å². The van der Waals surface area contributed by atoms with E-state index < -0.39 is 0 Å². The molecule has 1 saturated heterocycles. The summed E-state index contributed by atoms with van der Waals surface area (Å²) in [7, 11) is 1.56. The molecule has 128 valence electrons. The summed E-state index contributed by atoms with van der Waals surface area (Å²) in [6.45, 7) is 2.21. The van der Waals surface area contributed by atoms with E-state index in [0.29, 0.717) is 26.3 Å². The van der Waals surface area contributed by atoms with Gasteiger partial charge in [0.25, 0.3) is 0 Å². The molecule has 1 aromatic carbocycles. The fraction of sp³-hybridized carbons (Fsp3) is 0.588. The van der Waals surface area contributed by atoms with Crippen LogP contribution in [0.25, 0.3) is 0 Å². The molecule has 1 aliphatic heterocycles. The number of methoxy groups -OCH3 is 1. The predicted octanol–water partition coefficient (Wildman–Crippen LogP) is 1.87. The highest BCUT2D eigenvalue weighted by Gasteiger charge is 2.36. The number of nitrogens with two attached hydrogens (primary N) is 1. The Morgan fingerprint density at radius 2 is 2.13 bits per heavy atom. The fourth-order valence-electron chi connectivity index (χ4n) is 3.00. The van der Waals surface area contributed by atoms with Gasteiger partial charge in [-0.3, -0.25) is 4.79 Å². The Morgan fingerprint density at radius 3 is 2.74 bits per heavy atom. The third-order valence-corrected chi connectivity index (χ3v) is 4.86. The van der Waals surface area contributed by atoms with Crippen molar-refractivity contribution in [3.63, 3.8) is 0 Å². The summed E-state index contributed by atoms with van der Waals surface area (Å²) < 4.78 is 10.7. The summed E-state index contributed by atoms with van der Waals surface area (Å²) in [6, 6.07) is 7.83. The van der Waals surface area contributed by atoms with Crippen molar-refractivity contribution in [2.75, 3.05) is 33.4 Å². The van der Waals surface area contributed by atoms with Crippen molar-refractivity contribution >= 4 is 17.5 Å². The summed E-state index contributed by atoms with van der Waals surface area (Å²) >= 11 is 6.40. The summed E-state index contributed by atoms with van der Waals surface area (Å²) in [4.78, 5) is 12.2. The third kappa shape index (κ3) is 4.67. The molecule has 1 unspecified atom stereocenters. The van der Waals surface area contributed by atoms with E-state index in [4.69, 9.17) is 26.8 Å².